The summed E-state index contributed by atoms with van der Waals surface area (Å²) in [4.78, 5) is 38.1. The van der Waals surface area contributed by atoms with E-state index in [2.05, 4.69) is 10.1 Å². The minimum Gasteiger partial charge on any atom is -0.465 e. The van der Waals surface area contributed by atoms with Crippen LogP contribution >= 0.6 is 0 Å². The lowest BCUT2D eigenvalue weighted by Crippen LogP contribution is -2.42. The number of ether oxygens (including phenoxy) is 1. The minimum absolute atomic E-state index is 0.125. The zero-order valence-corrected chi connectivity index (χ0v) is 14.4. The predicted molar refractivity (Wildman–Crippen MR) is 91.9 cm³/mol. The maximum atomic E-state index is 12.0. The van der Waals surface area contributed by atoms with Crippen LogP contribution in [-0.4, -0.2) is 61.7 Å². The van der Waals surface area contributed by atoms with Crippen molar-refractivity contribution in [3.8, 4) is 0 Å². The molecule has 1 aliphatic rings. The summed E-state index contributed by atoms with van der Waals surface area (Å²) in [7, 11) is 1.23. The van der Waals surface area contributed by atoms with Crippen LogP contribution in [-0.2, 0) is 4.74 Å². The summed E-state index contributed by atoms with van der Waals surface area (Å²) in [5.74, 6) is -0.618. The van der Waals surface area contributed by atoms with Gasteiger partial charge in [0.2, 0.25) is 0 Å². The second-order valence-electron chi connectivity index (χ2n) is 5.62. The number of benzene rings is 1. The molecule has 1 aliphatic heterocycles. The van der Waals surface area contributed by atoms with Crippen molar-refractivity contribution in [1.82, 2.24) is 10.2 Å². The van der Waals surface area contributed by atoms with Crippen molar-refractivity contribution in [3.05, 3.63) is 33.9 Å². The highest BCUT2D eigenvalue weighted by Gasteiger charge is 2.25. The third-order valence-corrected chi connectivity index (χ3v) is 4.05. The van der Waals surface area contributed by atoms with Gasteiger partial charge in [0.05, 0.1) is 17.6 Å². The maximum absolute atomic E-state index is 12.0. The van der Waals surface area contributed by atoms with E-state index >= 15 is 0 Å². The van der Waals surface area contributed by atoms with Crippen molar-refractivity contribution in [2.75, 3.05) is 44.7 Å². The Bertz CT molecular complexity index is 664. The van der Waals surface area contributed by atoms with E-state index in [-0.39, 0.29) is 17.3 Å². The van der Waals surface area contributed by atoms with Crippen molar-refractivity contribution >= 4 is 23.4 Å². The van der Waals surface area contributed by atoms with E-state index in [9.17, 15) is 19.7 Å². The Morgan fingerprint density at radius 2 is 2.04 bits per heavy atom. The highest BCUT2D eigenvalue weighted by molar-refractivity contribution is 5.91. The number of esters is 1. The van der Waals surface area contributed by atoms with Crippen molar-refractivity contribution in [2.24, 2.45) is 0 Å². The quantitative estimate of drug-likeness (QED) is 0.503. The smallest absolute Gasteiger partial charge is 0.338 e. The van der Waals surface area contributed by atoms with E-state index in [1.165, 1.54) is 19.2 Å². The molecule has 0 saturated carbocycles. The Morgan fingerprint density at radius 3 is 2.68 bits per heavy atom. The molecule has 2 rings (SSSR count). The first-order chi connectivity index (χ1) is 12.0. The largest absolute Gasteiger partial charge is 0.465 e. The molecule has 1 aromatic carbocycles. The number of hydrogen-bond donors (Lipinski definition) is 1. The SMILES string of the molecule is CCNC(=O)N1CCCN(c2ccc(C(=O)OC)cc2[N+](=O)[O-])CC1. The molecular weight excluding hydrogens is 328 g/mol. The Labute approximate surface area is 145 Å². The van der Waals surface area contributed by atoms with E-state index < -0.39 is 10.9 Å². The molecule has 1 saturated heterocycles. The Balaban J connectivity index is 2.21. The number of anilines is 1. The van der Waals surface area contributed by atoms with Gasteiger partial charge in [0.25, 0.3) is 5.69 Å². The number of amides is 2. The van der Waals surface area contributed by atoms with Crippen LogP contribution in [0.15, 0.2) is 18.2 Å². The summed E-state index contributed by atoms with van der Waals surface area (Å²) < 4.78 is 4.61. The minimum atomic E-state index is -0.618. The second kappa shape index (κ2) is 8.32. The number of nitrogens with zero attached hydrogens (tertiary/aromatic N) is 3. The van der Waals surface area contributed by atoms with Crippen LogP contribution < -0.4 is 10.2 Å². The van der Waals surface area contributed by atoms with E-state index in [4.69, 9.17) is 0 Å². The zero-order chi connectivity index (χ0) is 18.4. The molecular formula is C16H22N4O5. The Kier molecular flexibility index (Phi) is 6.15. The van der Waals surface area contributed by atoms with Crippen LogP contribution in [0.5, 0.6) is 0 Å². The van der Waals surface area contributed by atoms with Crippen LogP contribution in [0.3, 0.4) is 0 Å². The van der Waals surface area contributed by atoms with Crippen molar-refractivity contribution in [2.45, 2.75) is 13.3 Å². The number of nitro benzene ring substituents is 1. The first-order valence-electron chi connectivity index (χ1n) is 8.12. The predicted octanol–water partition coefficient (Wildman–Crippen LogP) is 1.62. The number of methoxy groups -OCH3 is 1. The van der Waals surface area contributed by atoms with Crippen LogP contribution in [0.4, 0.5) is 16.2 Å². The molecule has 0 aliphatic carbocycles. The van der Waals surface area contributed by atoms with Crippen LogP contribution in [0, 0.1) is 10.1 Å². The van der Waals surface area contributed by atoms with E-state index in [0.717, 1.165) is 0 Å². The van der Waals surface area contributed by atoms with Gasteiger partial charge < -0.3 is 19.9 Å². The third kappa shape index (κ3) is 4.37. The molecule has 0 radical (unpaired) electrons. The fourth-order valence-electron chi connectivity index (χ4n) is 2.81. The molecule has 25 heavy (non-hydrogen) atoms. The first kappa shape index (κ1) is 18.5. The number of nitrogens with one attached hydrogen (secondary N) is 1. The van der Waals surface area contributed by atoms with Gasteiger partial charge in [-0.25, -0.2) is 9.59 Å². The monoisotopic (exact) mass is 350 g/mol. The maximum Gasteiger partial charge on any atom is 0.338 e. The molecule has 1 heterocycles. The highest BCUT2D eigenvalue weighted by Crippen LogP contribution is 2.30. The molecule has 1 N–H and O–H groups in total. The number of urea groups is 1. The molecule has 0 aromatic heterocycles. The lowest BCUT2D eigenvalue weighted by atomic mass is 10.1. The molecule has 0 unspecified atom stereocenters. The summed E-state index contributed by atoms with van der Waals surface area (Å²) in [5, 5.41) is 14.2. The average molecular weight is 350 g/mol. The summed E-state index contributed by atoms with van der Waals surface area (Å²) in [6.07, 6.45) is 0.701. The van der Waals surface area contributed by atoms with Gasteiger partial charge in [0.1, 0.15) is 5.69 Å². The molecule has 0 bridgehead atoms. The topological polar surface area (TPSA) is 105 Å². The number of hydrogen-bond acceptors (Lipinski definition) is 6. The molecule has 9 nitrogen and oxygen atoms in total. The molecule has 1 fully saturated rings. The molecule has 2 amide bonds. The lowest BCUT2D eigenvalue weighted by Gasteiger charge is -2.23. The number of carbonyl (C=O) groups is 2. The zero-order valence-electron chi connectivity index (χ0n) is 14.4. The molecule has 0 spiro atoms. The average Bonchev–Trinajstić information content (AvgIpc) is 2.86. The standard InChI is InChI=1S/C16H22N4O5/c1-3-17-16(22)19-8-4-7-18(9-10-19)13-6-5-12(15(21)25-2)11-14(13)20(23)24/h5-6,11H,3-4,7-10H2,1-2H3,(H,17,22). The van der Waals surface area contributed by atoms with Gasteiger partial charge >= 0.3 is 12.0 Å². The van der Waals surface area contributed by atoms with Gasteiger partial charge in [-0.15, -0.1) is 0 Å². The highest BCUT2D eigenvalue weighted by atomic mass is 16.6. The molecule has 136 valence electrons. The summed E-state index contributed by atoms with van der Waals surface area (Å²) in [5.41, 5.74) is 0.432. The van der Waals surface area contributed by atoms with Crippen molar-refractivity contribution in [1.29, 1.82) is 0 Å². The normalized spacial score (nSPS) is 14.6. The summed E-state index contributed by atoms with van der Waals surface area (Å²) in [6, 6.07) is 4.18. The van der Waals surface area contributed by atoms with Crippen molar-refractivity contribution in [3.63, 3.8) is 0 Å². The van der Waals surface area contributed by atoms with E-state index in [1.807, 2.05) is 11.8 Å². The Hall–Kier alpha value is -2.84. The number of nitro groups is 1. The first-order valence-corrected chi connectivity index (χ1v) is 8.12. The van der Waals surface area contributed by atoms with Crippen LogP contribution in [0.25, 0.3) is 0 Å². The third-order valence-electron chi connectivity index (χ3n) is 4.05. The fourth-order valence-corrected chi connectivity index (χ4v) is 2.81. The van der Waals surface area contributed by atoms with Gasteiger partial charge in [0, 0.05) is 38.8 Å². The van der Waals surface area contributed by atoms with Crippen molar-refractivity contribution < 1.29 is 19.2 Å². The second-order valence-corrected chi connectivity index (χ2v) is 5.62. The summed E-state index contributed by atoms with van der Waals surface area (Å²) in [6.45, 7) is 4.55. The summed E-state index contributed by atoms with van der Waals surface area (Å²) >= 11 is 0. The van der Waals surface area contributed by atoms with Gasteiger partial charge in [-0.05, 0) is 25.5 Å². The number of carbonyl (C=O) groups excluding carboxylic acids is 2. The molecule has 0 atom stereocenters. The number of rotatable bonds is 4. The Morgan fingerprint density at radius 1 is 1.28 bits per heavy atom. The van der Waals surface area contributed by atoms with Gasteiger partial charge in [-0.2, -0.15) is 0 Å². The van der Waals surface area contributed by atoms with Gasteiger partial charge in [-0.1, -0.05) is 0 Å². The molecule has 1 aromatic rings. The van der Waals surface area contributed by atoms with Gasteiger partial charge in [0.15, 0.2) is 0 Å². The van der Waals surface area contributed by atoms with Crippen LogP contribution in [0.1, 0.15) is 23.7 Å². The van der Waals surface area contributed by atoms with E-state index in [0.29, 0.717) is 44.8 Å². The van der Waals surface area contributed by atoms with Crippen LogP contribution in [0.2, 0.25) is 0 Å². The lowest BCUT2D eigenvalue weighted by molar-refractivity contribution is -0.384. The van der Waals surface area contributed by atoms with Gasteiger partial charge in [-0.3, -0.25) is 10.1 Å². The molecule has 9 heteroatoms. The van der Waals surface area contributed by atoms with E-state index in [1.54, 1.807) is 11.0 Å². The fraction of sp³-hybridized carbons (Fsp3) is 0.500.